The van der Waals surface area contributed by atoms with E-state index in [2.05, 4.69) is 9.97 Å². The molecule has 2 heterocycles. The number of hydrogen-bond acceptors (Lipinski definition) is 6. The van der Waals surface area contributed by atoms with Crippen molar-refractivity contribution in [1.82, 2.24) is 9.97 Å². The molecule has 200 valence electrons. The van der Waals surface area contributed by atoms with Gasteiger partial charge in [0.15, 0.2) is 11.6 Å². The lowest BCUT2D eigenvalue weighted by Crippen LogP contribution is -2.24. The highest BCUT2D eigenvalue weighted by Gasteiger charge is 2.30. The zero-order valence-electron chi connectivity index (χ0n) is 22.2. The SMILES string of the molecule is CCOc1cnc2c(CCCc3cc(F)c(F)c(C(C)(/C=C(/N)SCC)CCCOC)c3)nccc2c1. The molecular formula is C29H37F2N3O2S. The van der Waals surface area contributed by atoms with Gasteiger partial charge in [-0.15, -0.1) is 11.8 Å². The molecule has 0 spiro atoms. The number of nitrogens with two attached hydrogens (primary N) is 1. The number of halogens is 2. The maximum absolute atomic E-state index is 15.2. The van der Waals surface area contributed by atoms with Crippen LogP contribution in [0.4, 0.5) is 8.78 Å². The number of methoxy groups -OCH3 is 1. The summed E-state index contributed by atoms with van der Waals surface area (Å²) in [6.45, 7) is 6.96. The average molecular weight is 530 g/mol. The number of thioether (sulfide) groups is 1. The molecule has 0 aliphatic carbocycles. The number of fused-ring (bicyclic) bond motifs is 1. The average Bonchev–Trinajstić information content (AvgIpc) is 2.86. The highest BCUT2D eigenvalue weighted by molar-refractivity contribution is 8.02. The fourth-order valence-corrected chi connectivity index (χ4v) is 5.26. The molecule has 0 aliphatic rings. The van der Waals surface area contributed by atoms with Gasteiger partial charge in [0.05, 0.1) is 29.0 Å². The van der Waals surface area contributed by atoms with Crippen LogP contribution in [0.25, 0.3) is 10.9 Å². The quantitative estimate of drug-likeness (QED) is 0.234. The highest BCUT2D eigenvalue weighted by Crippen LogP contribution is 2.36. The lowest BCUT2D eigenvalue weighted by molar-refractivity contribution is 0.187. The van der Waals surface area contributed by atoms with Crippen LogP contribution in [0.15, 0.2) is 47.8 Å². The van der Waals surface area contributed by atoms with Gasteiger partial charge in [-0.1, -0.05) is 19.9 Å². The summed E-state index contributed by atoms with van der Waals surface area (Å²) in [5, 5.41) is 1.57. The minimum atomic E-state index is -0.839. The van der Waals surface area contributed by atoms with Gasteiger partial charge in [-0.2, -0.15) is 0 Å². The third kappa shape index (κ3) is 7.65. The van der Waals surface area contributed by atoms with Crippen molar-refractivity contribution in [2.75, 3.05) is 26.1 Å². The third-order valence-corrected chi connectivity index (χ3v) is 7.10. The molecule has 0 amide bonds. The van der Waals surface area contributed by atoms with E-state index in [1.165, 1.54) is 17.8 Å². The van der Waals surface area contributed by atoms with Crippen LogP contribution in [0.5, 0.6) is 5.75 Å². The summed E-state index contributed by atoms with van der Waals surface area (Å²) in [6.07, 6.45) is 8.58. The van der Waals surface area contributed by atoms with Crippen LogP contribution in [0, 0.1) is 11.6 Å². The molecule has 0 aliphatic heterocycles. The van der Waals surface area contributed by atoms with E-state index in [1.807, 2.05) is 39.0 Å². The van der Waals surface area contributed by atoms with Crippen LogP contribution in [0.1, 0.15) is 56.9 Å². The second-order valence-corrected chi connectivity index (χ2v) is 10.6. The molecular weight excluding hydrogens is 492 g/mol. The first kappa shape index (κ1) is 28.9. The third-order valence-electron chi connectivity index (χ3n) is 6.36. The predicted molar refractivity (Wildman–Crippen MR) is 148 cm³/mol. The summed E-state index contributed by atoms with van der Waals surface area (Å²) in [7, 11) is 1.63. The van der Waals surface area contributed by atoms with Gasteiger partial charge in [-0.25, -0.2) is 8.78 Å². The number of allylic oxidation sites excluding steroid dienone is 1. The van der Waals surface area contributed by atoms with Crippen molar-refractivity contribution in [3.8, 4) is 5.75 Å². The normalized spacial score (nSPS) is 13.6. The second-order valence-electron chi connectivity index (χ2n) is 9.22. The lowest BCUT2D eigenvalue weighted by atomic mass is 9.77. The van der Waals surface area contributed by atoms with E-state index >= 15 is 4.39 Å². The first-order valence-electron chi connectivity index (χ1n) is 12.8. The fourth-order valence-electron chi connectivity index (χ4n) is 4.58. The molecule has 0 saturated carbocycles. The number of ether oxygens (including phenoxy) is 2. The number of hydrogen-bond donors (Lipinski definition) is 1. The molecule has 3 aromatic rings. The van der Waals surface area contributed by atoms with Gasteiger partial charge in [0, 0.05) is 36.3 Å². The number of pyridine rings is 2. The van der Waals surface area contributed by atoms with Crippen LogP contribution in [0.3, 0.4) is 0 Å². The molecule has 0 fully saturated rings. The Kier molecular flexibility index (Phi) is 10.7. The van der Waals surface area contributed by atoms with E-state index < -0.39 is 17.0 Å². The molecule has 0 saturated heterocycles. The Labute approximate surface area is 222 Å². The Morgan fingerprint density at radius 2 is 1.95 bits per heavy atom. The standard InChI is InChI=1S/C29H37F2N3O2S/c1-5-36-22-17-21-11-13-33-25(28(21)34-19-22)10-7-9-20-15-23(27(31)24(30)16-20)29(3,12-8-14-35-4)18-26(32)37-6-2/h11,13,15-19H,5-10,12,14,32H2,1-4H3/b26-18-. The Hall–Kier alpha value is -2.71. The summed E-state index contributed by atoms with van der Waals surface area (Å²) < 4.78 is 40.7. The Morgan fingerprint density at radius 1 is 1.14 bits per heavy atom. The summed E-state index contributed by atoms with van der Waals surface area (Å²) in [5.74, 6) is -0.132. The van der Waals surface area contributed by atoms with E-state index in [-0.39, 0.29) is 0 Å². The van der Waals surface area contributed by atoms with Crippen LogP contribution in [-0.4, -0.2) is 36.0 Å². The molecule has 2 N–H and O–H groups in total. The number of aryl methyl sites for hydroxylation is 2. The Bertz CT molecular complexity index is 1220. The van der Waals surface area contributed by atoms with E-state index in [0.29, 0.717) is 49.5 Å². The van der Waals surface area contributed by atoms with Crippen LogP contribution in [0.2, 0.25) is 0 Å². The van der Waals surface area contributed by atoms with Crippen molar-refractivity contribution in [3.05, 3.63) is 76.2 Å². The van der Waals surface area contributed by atoms with Crippen molar-refractivity contribution in [2.24, 2.45) is 5.73 Å². The molecule has 8 heteroatoms. The van der Waals surface area contributed by atoms with E-state index in [1.54, 1.807) is 25.6 Å². The second kappa shape index (κ2) is 13.7. The van der Waals surface area contributed by atoms with Gasteiger partial charge in [0.25, 0.3) is 0 Å². The summed E-state index contributed by atoms with van der Waals surface area (Å²) in [6, 6.07) is 6.95. The topological polar surface area (TPSA) is 70.3 Å². The van der Waals surface area contributed by atoms with Crippen molar-refractivity contribution in [1.29, 1.82) is 0 Å². The molecule has 5 nitrogen and oxygen atoms in total. The number of nitrogens with zero attached hydrogens (tertiary/aromatic N) is 2. The minimum absolute atomic E-state index is 0.326. The molecule has 2 aromatic heterocycles. The molecule has 0 bridgehead atoms. The first-order valence-corrected chi connectivity index (χ1v) is 13.7. The number of aromatic nitrogens is 2. The number of rotatable bonds is 14. The van der Waals surface area contributed by atoms with Crippen molar-refractivity contribution in [2.45, 2.75) is 58.3 Å². The molecule has 1 atom stereocenters. The minimum Gasteiger partial charge on any atom is -0.492 e. The summed E-state index contributed by atoms with van der Waals surface area (Å²) in [4.78, 5) is 9.07. The van der Waals surface area contributed by atoms with Crippen LogP contribution >= 0.6 is 11.8 Å². The van der Waals surface area contributed by atoms with E-state index in [4.69, 9.17) is 15.2 Å². The van der Waals surface area contributed by atoms with Gasteiger partial charge in [0.1, 0.15) is 5.75 Å². The largest absolute Gasteiger partial charge is 0.492 e. The van der Waals surface area contributed by atoms with Crippen molar-refractivity contribution < 1.29 is 18.3 Å². The zero-order valence-corrected chi connectivity index (χ0v) is 23.0. The first-order chi connectivity index (χ1) is 17.8. The molecule has 1 unspecified atom stereocenters. The molecule has 37 heavy (non-hydrogen) atoms. The van der Waals surface area contributed by atoms with Crippen molar-refractivity contribution in [3.63, 3.8) is 0 Å². The van der Waals surface area contributed by atoms with E-state index in [0.717, 1.165) is 40.1 Å². The van der Waals surface area contributed by atoms with Gasteiger partial charge in [0.2, 0.25) is 0 Å². The summed E-state index contributed by atoms with van der Waals surface area (Å²) >= 11 is 1.49. The summed E-state index contributed by atoms with van der Waals surface area (Å²) in [5.41, 5.74) is 8.23. The fraction of sp³-hybridized carbons (Fsp3) is 0.448. The molecule has 3 rings (SSSR count). The highest BCUT2D eigenvalue weighted by atomic mass is 32.2. The predicted octanol–water partition coefficient (Wildman–Crippen LogP) is 6.72. The van der Waals surface area contributed by atoms with Crippen molar-refractivity contribution >= 4 is 22.7 Å². The van der Waals surface area contributed by atoms with Crippen LogP contribution < -0.4 is 10.5 Å². The van der Waals surface area contributed by atoms with Crippen LogP contribution in [-0.2, 0) is 23.0 Å². The molecule has 1 aromatic carbocycles. The van der Waals surface area contributed by atoms with Gasteiger partial charge >= 0.3 is 0 Å². The van der Waals surface area contributed by atoms with Gasteiger partial charge in [-0.3, -0.25) is 9.97 Å². The Balaban J connectivity index is 1.83. The number of benzene rings is 1. The van der Waals surface area contributed by atoms with Gasteiger partial charge in [-0.05, 0) is 74.6 Å². The zero-order chi connectivity index (χ0) is 26.8. The Morgan fingerprint density at radius 3 is 2.68 bits per heavy atom. The smallest absolute Gasteiger partial charge is 0.162 e. The maximum Gasteiger partial charge on any atom is 0.162 e. The molecule has 0 radical (unpaired) electrons. The van der Waals surface area contributed by atoms with E-state index in [9.17, 15) is 4.39 Å². The van der Waals surface area contributed by atoms with Gasteiger partial charge < -0.3 is 15.2 Å². The maximum atomic E-state index is 15.2. The lowest BCUT2D eigenvalue weighted by Gasteiger charge is -2.29. The monoisotopic (exact) mass is 529 g/mol.